The molecule has 0 saturated heterocycles. The maximum atomic E-state index is 11.2. The molecular weight excluding hydrogens is 338 g/mol. The smallest absolute Gasteiger partial charge is 0.237 e. The molecular formula is C15H12F6N2O. The van der Waals surface area contributed by atoms with Gasteiger partial charge in [0, 0.05) is 0 Å². The summed E-state index contributed by atoms with van der Waals surface area (Å²) in [6.45, 7) is 0. The molecule has 0 bridgehead atoms. The number of hydrogen-bond acceptors (Lipinski definition) is 3. The minimum absolute atomic E-state index is 1.10. The van der Waals surface area contributed by atoms with Crippen LogP contribution in [0.5, 0.6) is 0 Å². The SMILES string of the molecule is NN(OC(F)(F)F)C(F)(F)F.c1ccc2c(c1)Cc1ccccc1-2. The van der Waals surface area contributed by atoms with Gasteiger partial charge in [-0.1, -0.05) is 48.5 Å². The Kier molecular flexibility index (Phi) is 5.16. The Morgan fingerprint density at radius 3 is 1.54 bits per heavy atom. The first kappa shape index (κ1) is 18.2. The number of rotatable bonds is 1. The van der Waals surface area contributed by atoms with Crippen molar-refractivity contribution in [2.75, 3.05) is 0 Å². The van der Waals surface area contributed by atoms with E-state index in [0.717, 1.165) is 6.42 Å². The number of nitrogens with zero attached hydrogens (tertiary/aromatic N) is 1. The van der Waals surface area contributed by atoms with Crippen LogP contribution in [0.4, 0.5) is 26.3 Å². The van der Waals surface area contributed by atoms with Crippen LogP contribution < -0.4 is 5.84 Å². The van der Waals surface area contributed by atoms with Gasteiger partial charge >= 0.3 is 12.7 Å². The number of hydrazine groups is 1. The second-order valence-electron chi connectivity index (χ2n) is 4.82. The number of hydrogen-bond donors (Lipinski definition) is 1. The molecule has 0 saturated carbocycles. The van der Waals surface area contributed by atoms with E-state index in [0.29, 0.717) is 0 Å². The molecule has 2 aromatic rings. The highest BCUT2D eigenvalue weighted by molar-refractivity contribution is 5.76. The van der Waals surface area contributed by atoms with Crippen molar-refractivity contribution in [3.05, 3.63) is 59.7 Å². The molecule has 0 amide bonds. The Labute approximate surface area is 133 Å². The van der Waals surface area contributed by atoms with Crippen molar-refractivity contribution in [3.63, 3.8) is 0 Å². The van der Waals surface area contributed by atoms with Crippen LogP contribution in [0.15, 0.2) is 48.5 Å². The average Bonchev–Trinajstić information content (AvgIpc) is 2.84. The molecule has 0 fully saturated rings. The van der Waals surface area contributed by atoms with Crippen LogP contribution in [-0.2, 0) is 11.3 Å². The number of halogens is 6. The van der Waals surface area contributed by atoms with Crippen molar-refractivity contribution in [1.82, 2.24) is 5.17 Å². The van der Waals surface area contributed by atoms with Crippen LogP contribution in [0.25, 0.3) is 11.1 Å². The van der Waals surface area contributed by atoms with E-state index in [-0.39, 0.29) is 0 Å². The quantitative estimate of drug-likeness (QED) is 0.306. The summed E-state index contributed by atoms with van der Waals surface area (Å²) in [7, 11) is 0. The van der Waals surface area contributed by atoms with Gasteiger partial charge in [-0.2, -0.15) is 18.0 Å². The summed E-state index contributed by atoms with van der Waals surface area (Å²) >= 11 is 0. The molecule has 0 unspecified atom stereocenters. The molecule has 0 spiro atoms. The van der Waals surface area contributed by atoms with Gasteiger partial charge in [-0.3, -0.25) is 0 Å². The van der Waals surface area contributed by atoms with Crippen LogP contribution in [-0.4, -0.2) is 17.8 Å². The Bertz CT molecular complexity index is 655. The summed E-state index contributed by atoms with van der Waals surface area (Å²) < 4.78 is 66.4. The number of benzene rings is 2. The number of alkyl halides is 6. The average molecular weight is 350 g/mol. The van der Waals surface area contributed by atoms with Crippen molar-refractivity contribution in [2.24, 2.45) is 5.84 Å². The molecule has 1 aliphatic carbocycles. The highest BCUT2D eigenvalue weighted by Crippen LogP contribution is 2.35. The summed E-state index contributed by atoms with van der Waals surface area (Å²) in [4.78, 5) is 2.29. The predicted molar refractivity (Wildman–Crippen MR) is 73.9 cm³/mol. The van der Waals surface area contributed by atoms with Gasteiger partial charge in [0.1, 0.15) is 0 Å². The Morgan fingerprint density at radius 2 is 1.21 bits per heavy atom. The normalized spacial score (nSPS) is 13.2. The van der Waals surface area contributed by atoms with Crippen LogP contribution >= 0.6 is 0 Å². The van der Waals surface area contributed by atoms with E-state index in [1.54, 1.807) is 0 Å². The fraction of sp³-hybridized carbons (Fsp3) is 0.200. The molecule has 1 aliphatic rings. The molecule has 2 aromatic carbocycles. The minimum atomic E-state index is -5.44. The lowest BCUT2D eigenvalue weighted by Gasteiger charge is -2.18. The molecule has 24 heavy (non-hydrogen) atoms. The zero-order chi connectivity index (χ0) is 18.0. The first-order chi connectivity index (χ1) is 11.1. The molecule has 0 atom stereocenters. The predicted octanol–water partition coefficient (Wildman–Crippen LogP) is 4.39. The van der Waals surface area contributed by atoms with Gasteiger partial charge in [0.15, 0.2) is 0 Å². The Morgan fingerprint density at radius 1 is 0.792 bits per heavy atom. The van der Waals surface area contributed by atoms with Crippen LogP contribution in [0.1, 0.15) is 11.1 Å². The van der Waals surface area contributed by atoms with Gasteiger partial charge in [0.05, 0.1) is 0 Å². The highest BCUT2D eigenvalue weighted by atomic mass is 19.4. The molecule has 0 heterocycles. The number of fused-ring (bicyclic) bond motifs is 3. The van der Waals surface area contributed by atoms with Gasteiger partial charge in [-0.15, -0.1) is 13.2 Å². The van der Waals surface area contributed by atoms with E-state index in [1.165, 1.54) is 22.3 Å². The van der Waals surface area contributed by atoms with Crippen LogP contribution in [0, 0.1) is 0 Å². The Balaban J connectivity index is 0.000000178. The van der Waals surface area contributed by atoms with Gasteiger partial charge in [0.2, 0.25) is 0 Å². The molecule has 0 aliphatic heterocycles. The zero-order valence-corrected chi connectivity index (χ0v) is 12.0. The minimum Gasteiger partial charge on any atom is -0.237 e. The lowest BCUT2D eigenvalue weighted by Crippen LogP contribution is -2.46. The standard InChI is InChI=1S/C13H10.C2H2F6N2O/c1-3-7-12-10(5-1)9-11-6-2-4-8-13(11)12;3-1(4,5)10(9)11-2(6,7)8/h1-8H,9H2;9H2. The van der Waals surface area contributed by atoms with E-state index in [4.69, 9.17) is 0 Å². The fourth-order valence-corrected chi connectivity index (χ4v) is 2.24. The second-order valence-corrected chi connectivity index (χ2v) is 4.82. The van der Waals surface area contributed by atoms with Gasteiger partial charge in [0.25, 0.3) is 0 Å². The van der Waals surface area contributed by atoms with Crippen molar-refractivity contribution >= 4 is 0 Å². The number of nitrogens with two attached hydrogens (primary N) is 1. The first-order valence-electron chi connectivity index (χ1n) is 6.61. The van der Waals surface area contributed by atoms with Crippen molar-refractivity contribution < 1.29 is 31.2 Å². The van der Waals surface area contributed by atoms with E-state index in [9.17, 15) is 26.3 Å². The second kappa shape index (κ2) is 6.80. The number of hydroxylamine groups is 1. The molecule has 9 heteroatoms. The third-order valence-corrected chi connectivity index (χ3v) is 3.16. The molecule has 3 rings (SSSR count). The summed E-state index contributed by atoms with van der Waals surface area (Å²) in [5.74, 6) is 3.80. The van der Waals surface area contributed by atoms with Crippen LogP contribution in [0.2, 0.25) is 0 Å². The maximum Gasteiger partial charge on any atom is 0.540 e. The summed E-state index contributed by atoms with van der Waals surface area (Å²) in [5.41, 5.74) is 5.75. The Hall–Kier alpha value is -2.10. The molecule has 0 radical (unpaired) electrons. The largest absolute Gasteiger partial charge is 0.540 e. The van der Waals surface area contributed by atoms with Crippen molar-refractivity contribution in [1.29, 1.82) is 0 Å². The zero-order valence-electron chi connectivity index (χ0n) is 12.0. The van der Waals surface area contributed by atoms with Gasteiger partial charge < -0.3 is 0 Å². The lowest BCUT2D eigenvalue weighted by molar-refractivity contribution is -0.486. The summed E-state index contributed by atoms with van der Waals surface area (Å²) in [6.07, 6.45) is -9.70. The summed E-state index contributed by atoms with van der Waals surface area (Å²) in [6, 6.07) is 17.3. The van der Waals surface area contributed by atoms with E-state index in [1.807, 2.05) is 0 Å². The first-order valence-corrected chi connectivity index (χ1v) is 6.61. The van der Waals surface area contributed by atoms with E-state index in [2.05, 4.69) is 59.2 Å². The molecule has 3 nitrogen and oxygen atoms in total. The van der Waals surface area contributed by atoms with Crippen molar-refractivity contribution in [2.45, 2.75) is 19.1 Å². The van der Waals surface area contributed by atoms with E-state index < -0.39 is 17.8 Å². The maximum absolute atomic E-state index is 11.2. The third-order valence-electron chi connectivity index (χ3n) is 3.16. The molecule has 0 aromatic heterocycles. The van der Waals surface area contributed by atoms with Gasteiger partial charge in [-0.25, -0.2) is 5.84 Å². The van der Waals surface area contributed by atoms with E-state index >= 15 is 0 Å². The van der Waals surface area contributed by atoms with Crippen molar-refractivity contribution in [3.8, 4) is 11.1 Å². The molecule has 130 valence electrons. The fourth-order valence-electron chi connectivity index (χ4n) is 2.24. The topological polar surface area (TPSA) is 38.5 Å². The highest BCUT2D eigenvalue weighted by Gasteiger charge is 2.44. The monoisotopic (exact) mass is 350 g/mol. The molecule has 2 N–H and O–H groups in total. The third kappa shape index (κ3) is 4.70. The summed E-state index contributed by atoms with van der Waals surface area (Å²) in [5, 5.41) is -1.73. The lowest BCUT2D eigenvalue weighted by atomic mass is 10.1. The van der Waals surface area contributed by atoms with Gasteiger partial charge in [-0.05, 0) is 33.8 Å². The van der Waals surface area contributed by atoms with Crippen LogP contribution in [0.3, 0.4) is 0 Å².